The molecule has 3 rings (SSSR count). The first kappa shape index (κ1) is 27.3. The number of halogens is 2. The first-order valence-corrected chi connectivity index (χ1v) is 13.5. The van der Waals surface area contributed by atoms with Crippen molar-refractivity contribution < 1.29 is 22.4 Å². The third-order valence-electron chi connectivity index (χ3n) is 5.48. The van der Waals surface area contributed by atoms with Crippen molar-refractivity contribution in [3.8, 4) is 0 Å². The molecular weight excluding hydrogens is 549 g/mol. The number of likely N-dealkylation sites (N-methyl/N-ethyl adjacent to an activating group) is 1. The fraction of sp³-hybridized carbons (Fsp3) is 0.231. The zero-order chi connectivity index (χ0) is 26.3. The van der Waals surface area contributed by atoms with Crippen LogP contribution < -0.4 is 9.62 Å². The molecular formula is C26H27BrFN3O4S. The van der Waals surface area contributed by atoms with Gasteiger partial charge in [0.2, 0.25) is 11.8 Å². The van der Waals surface area contributed by atoms with E-state index in [0.717, 1.165) is 38.6 Å². The summed E-state index contributed by atoms with van der Waals surface area (Å²) < 4.78 is 42.4. The average molecular weight is 576 g/mol. The standard InChI is InChI=1S/C26H27BrFN3O4S/c1-3-29-26(33)19(2)30(17-20-8-7-9-21(27)16-20)25(32)18-31(23-10-5-4-6-11-23)36(34,35)24-14-12-22(28)13-15-24/h4-16,19H,3,17-18H2,1-2H3,(H,29,33). The minimum Gasteiger partial charge on any atom is -0.355 e. The van der Waals surface area contributed by atoms with Crippen LogP contribution >= 0.6 is 15.9 Å². The number of carbonyl (C=O) groups is 2. The summed E-state index contributed by atoms with van der Waals surface area (Å²) in [6.07, 6.45) is 0. The van der Waals surface area contributed by atoms with Gasteiger partial charge in [-0.2, -0.15) is 0 Å². The van der Waals surface area contributed by atoms with E-state index in [0.29, 0.717) is 6.54 Å². The van der Waals surface area contributed by atoms with Gasteiger partial charge in [-0.15, -0.1) is 0 Å². The summed E-state index contributed by atoms with van der Waals surface area (Å²) in [4.78, 5) is 27.5. The van der Waals surface area contributed by atoms with Crippen LogP contribution in [0.2, 0.25) is 0 Å². The number of carbonyl (C=O) groups excluding carboxylic acids is 2. The van der Waals surface area contributed by atoms with Crippen LogP contribution in [-0.4, -0.2) is 44.3 Å². The van der Waals surface area contributed by atoms with E-state index in [1.807, 2.05) is 24.3 Å². The molecule has 3 aromatic rings. The van der Waals surface area contributed by atoms with Crippen molar-refractivity contribution >= 4 is 43.5 Å². The number of amides is 2. The number of para-hydroxylation sites is 1. The van der Waals surface area contributed by atoms with Crippen LogP contribution in [0.15, 0.2) is 88.2 Å². The maximum absolute atomic E-state index is 13.7. The summed E-state index contributed by atoms with van der Waals surface area (Å²) in [5.74, 6) is -1.50. The van der Waals surface area contributed by atoms with Crippen LogP contribution in [0, 0.1) is 5.82 Å². The molecule has 0 aliphatic carbocycles. The molecule has 0 spiro atoms. The summed E-state index contributed by atoms with van der Waals surface area (Å²) in [7, 11) is -4.22. The molecule has 0 saturated carbocycles. The summed E-state index contributed by atoms with van der Waals surface area (Å²) in [6.45, 7) is 3.30. The van der Waals surface area contributed by atoms with Crippen LogP contribution in [-0.2, 0) is 26.2 Å². The molecule has 0 bridgehead atoms. The van der Waals surface area contributed by atoms with E-state index < -0.39 is 34.3 Å². The van der Waals surface area contributed by atoms with Gasteiger partial charge in [-0.1, -0.05) is 46.3 Å². The Kier molecular flexibility index (Phi) is 9.22. The van der Waals surface area contributed by atoms with E-state index in [2.05, 4.69) is 21.2 Å². The summed E-state index contributed by atoms with van der Waals surface area (Å²) in [5.41, 5.74) is 1.03. The Balaban J connectivity index is 2.00. The SMILES string of the molecule is CCNC(=O)C(C)N(Cc1cccc(Br)c1)C(=O)CN(c1ccccc1)S(=O)(=O)c1ccc(F)cc1. The Morgan fingerprint density at radius 2 is 1.67 bits per heavy atom. The Labute approximate surface area is 219 Å². The molecule has 0 aliphatic heterocycles. The first-order chi connectivity index (χ1) is 17.1. The molecule has 190 valence electrons. The number of anilines is 1. The van der Waals surface area contributed by atoms with Crippen LogP contribution in [0.1, 0.15) is 19.4 Å². The summed E-state index contributed by atoms with van der Waals surface area (Å²) >= 11 is 3.41. The summed E-state index contributed by atoms with van der Waals surface area (Å²) in [6, 6.07) is 19.0. The highest BCUT2D eigenvalue weighted by Gasteiger charge is 2.32. The lowest BCUT2D eigenvalue weighted by Crippen LogP contribution is -2.51. The molecule has 0 aliphatic rings. The van der Waals surface area contributed by atoms with E-state index in [1.165, 1.54) is 4.90 Å². The lowest BCUT2D eigenvalue weighted by molar-refractivity contribution is -0.139. The van der Waals surface area contributed by atoms with Gasteiger partial charge in [0.15, 0.2) is 0 Å². The third kappa shape index (κ3) is 6.70. The highest BCUT2D eigenvalue weighted by atomic mass is 79.9. The lowest BCUT2D eigenvalue weighted by atomic mass is 10.1. The largest absolute Gasteiger partial charge is 0.355 e. The van der Waals surface area contributed by atoms with Crippen molar-refractivity contribution in [2.45, 2.75) is 31.3 Å². The fourth-order valence-corrected chi connectivity index (χ4v) is 5.45. The van der Waals surface area contributed by atoms with Crippen LogP contribution in [0.25, 0.3) is 0 Å². The second-order valence-corrected chi connectivity index (χ2v) is 10.8. The van der Waals surface area contributed by atoms with E-state index >= 15 is 0 Å². The van der Waals surface area contributed by atoms with Gasteiger partial charge in [-0.05, 0) is 67.9 Å². The van der Waals surface area contributed by atoms with Crippen molar-refractivity contribution in [3.63, 3.8) is 0 Å². The number of rotatable bonds is 10. The van der Waals surface area contributed by atoms with Crippen molar-refractivity contribution in [1.29, 1.82) is 0 Å². The van der Waals surface area contributed by atoms with Crippen LogP contribution in [0.3, 0.4) is 0 Å². The van der Waals surface area contributed by atoms with Gasteiger partial charge in [0.25, 0.3) is 10.0 Å². The highest BCUT2D eigenvalue weighted by Crippen LogP contribution is 2.25. The van der Waals surface area contributed by atoms with Gasteiger partial charge >= 0.3 is 0 Å². The monoisotopic (exact) mass is 575 g/mol. The quantitative estimate of drug-likeness (QED) is 0.389. The number of sulfonamides is 1. The smallest absolute Gasteiger partial charge is 0.264 e. The van der Waals surface area contributed by atoms with Gasteiger partial charge in [-0.3, -0.25) is 13.9 Å². The van der Waals surface area contributed by atoms with Gasteiger partial charge in [0.05, 0.1) is 10.6 Å². The van der Waals surface area contributed by atoms with Crippen LogP contribution in [0.5, 0.6) is 0 Å². The molecule has 1 N–H and O–H groups in total. The van der Waals surface area contributed by atoms with E-state index in [9.17, 15) is 22.4 Å². The Morgan fingerprint density at radius 1 is 1.00 bits per heavy atom. The zero-order valence-electron chi connectivity index (χ0n) is 19.9. The number of hydrogen-bond acceptors (Lipinski definition) is 4. The Morgan fingerprint density at radius 3 is 2.28 bits per heavy atom. The predicted octanol–water partition coefficient (Wildman–Crippen LogP) is 4.34. The highest BCUT2D eigenvalue weighted by molar-refractivity contribution is 9.10. The van der Waals surface area contributed by atoms with Gasteiger partial charge < -0.3 is 10.2 Å². The Hall–Kier alpha value is -3.24. The molecule has 2 amide bonds. The molecule has 1 unspecified atom stereocenters. The maximum atomic E-state index is 13.7. The van der Waals surface area contributed by atoms with Gasteiger partial charge in [0, 0.05) is 17.6 Å². The summed E-state index contributed by atoms with van der Waals surface area (Å²) in [5, 5.41) is 2.71. The Bertz CT molecular complexity index is 1300. The van der Waals surface area contributed by atoms with Gasteiger partial charge in [-0.25, -0.2) is 12.8 Å². The molecule has 0 aromatic heterocycles. The number of nitrogens with zero attached hydrogens (tertiary/aromatic N) is 2. The molecule has 0 saturated heterocycles. The van der Waals surface area contributed by atoms with E-state index in [1.54, 1.807) is 44.2 Å². The molecule has 36 heavy (non-hydrogen) atoms. The number of hydrogen-bond donors (Lipinski definition) is 1. The molecule has 0 fully saturated rings. The normalized spacial score (nSPS) is 12.0. The number of nitrogens with one attached hydrogen (secondary N) is 1. The maximum Gasteiger partial charge on any atom is 0.264 e. The van der Waals surface area contributed by atoms with E-state index in [4.69, 9.17) is 0 Å². The van der Waals surface area contributed by atoms with Crippen molar-refractivity contribution in [2.75, 3.05) is 17.4 Å². The molecule has 7 nitrogen and oxygen atoms in total. The fourth-order valence-electron chi connectivity index (χ4n) is 3.59. The average Bonchev–Trinajstić information content (AvgIpc) is 2.86. The zero-order valence-corrected chi connectivity index (χ0v) is 22.3. The van der Waals surface area contributed by atoms with Crippen molar-refractivity contribution in [3.05, 3.63) is 94.7 Å². The topological polar surface area (TPSA) is 86.8 Å². The van der Waals surface area contributed by atoms with Crippen LogP contribution in [0.4, 0.5) is 10.1 Å². The van der Waals surface area contributed by atoms with E-state index in [-0.39, 0.29) is 23.0 Å². The molecule has 10 heteroatoms. The minimum atomic E-state index is -4.22. The molecule has 3 aromatic carbocycles. The molecule has 1 atom stereocenters. The van der Waals surface area contributed by atoms with Crippen molar-refractivity contribution in [2.24, 2.45) is 0 Å². The minimum absolute atomic E-state index is 0.0931. The third-order valence-corrected chi connectivity index (χ3v) is 7.77. The molecule has 0 radical (unpaired) electrons. The predicted molar refractivity (Wildman–Crippen MR) is 140 cm³/mol. The lowest BCUT2D eigenvalue weighted by Gasteiger charge is -2.32. The molecule has 0 heterocycles. The van der Waals surface area contributed by atoms with Crippen molar-refractivity contribution in [1.82, 2.24) is 10.2 Å². The first-order valence-electron chi connectivity index (χ1n) is 11.3. The second-order valence-electron chi connectivity index (χ2n) is 8.02. The second kappa shape index (κ2) is 12.1. The van der Waals surface area contributed by atoms with Gasteiger partial charge in [0.1, 0.15) is 18.4 Å². The number of benzene rings is 3.